The summed E-state index contributed by atoms with van der Waals surface area (Å²) in [5, 5.41) is 12.0. The summed E-state index contributed by atoms with van der Waals surface area (Å²) in [4.78, 5) is 7.00. The van der Waals surface area contributed by atoms with Crippen molar-refractivity contribution in [3.8, 4) is 0 Å². The molecule has 1 heterocycles. The topological polar surface area (TPSA) is 39.7 Å². The molecule has 1 aliphatic rings. The lowest BCUT2D eigenvalue weighted by Gasteiger charge is -2.25. The van der Waals surface area contributed by atoms with E-state index >= 15 is 0 Å². The van der Waals surface area contributed by atoms with Gasteiger partial charge in [-0.1, -0.05) is 54.6 Å². The number of rotatable bonds is 5. The van der Waals surface area contributed by atoms with Gasteiger partial charge < -0.3 is 15.5 Å². The van der Waals surface area contributed by atoms with Crippen LogP contribution in [0.2, 0.25) is 0 Å². The minimum Gasteiger partial charge on any atom is -0.356 e. The quantitative estimate of drug-likeness (QED) is 0.237. The molecule has 0 spiro atoms. The van der Waals surface area contributed by atoms with Crippen LogP contribution in [0.25, 0.3) is 21.5 Å². The molecule has 182 valence electrons. The van der Waals surface area contributed by atoms with Gasteiger partial charge in [-0.05, 0) is 89.0 Å². The Morgan fingerprint density at radius 3 is 2.03 bits per heavy atom. The van der Waals surface area contributed by atoms with Crippen molar-refractivity contribution in [3.05, 3.63) is 133 Å². The van der Waals surface area contributed by atoms with Crippen molar-refractivity contribution in [2.24, 2.45) is 4.99 Å². The second-order valence-corrected chi connectivity index (χ2v) is 9.56. The molecule has 0 aromatic heterocycles. The molecule has 6 aromatic carbocycles. The second-order valence-electron chi connectivity index (χ2n) is 9.56. The number of para-hydroxylation sites is 2. The largest absolute Gasteiger partial charge is 0.356 e. The van der Waals surface area contributed by atoms with E-state index in [1.54, 1.807) is 0 Å². The summed E-state index contributed by atoms with van der Waals surface area (Å²) < 4.78 is 0. The monoisotopic (exact) mass is 490 g/mol. The first kappa shape index (κ1) is 22.1. The third kappa shape index (κ3) is 4.22. The summed E-state index contributed by atoms with van der Waals surface area (Å²) in [6, 6.07) is 44.4. The Labute approximate surface area is 221 Å². The molecule has 4 heteroatoms. The molecule has 4 nitrogen and oxygen atoms in total. The summed E-state index contributed by atoms with van der Waals surface area (Å²) in [5.41, 5.74) is 7.70. The van der Waals surface area contributed by atoms with E-state index in [-0.39, 0.29) is 0 Å². The first-order valence-corrected chi connectivity index (χ1v) is 12.8. The molecular formula is C34H26N4. The van der Waals surface area contributed by atoms with Gasteiger partial charge in [0.1, 0.15) is 0 Å². The van der Waals surface area contributed by atoms with Crippen LogP contribution in [-0.4, -0.2) is 6.34 Å². The van der Waals surface area contributed by atoms with Gasteiger partial charge in [0.05, 0.1) is 18.6 Å². The van der Waals surface area contributed by atoms with Gasteiger partial charge in [-0.25, -0.2) is 4.99 Å². The molecule has 2 N–H and O–H groups in total. The number of hydrogen-bond acceptors (Lipinski definition) is 4. The Balaban J connectivity index is 1.23. The highest BCUT2D eigenvalue weighted by molar-refractivity contribution is 6.07. The Morgan fingerprint density at radius 2 is 1.24 bits per heavy atom. The van der Waals surface area contributed by atoms with E-state index < -0.39 is 0 Å². The van der Waals surface area contributed by atoms with Crippen molar-refractivity contribution < 1.29 is 0 Å². The summed E-state index contributed by atoms with van der Waals surface area (Å²) in [7, 11) is 0. The molecule has 7 rings (SSSR count). The fourth-order valence-corrected chi connectivity index (χ4v) is 5.15. The number of nitrogens with one attached hydrogen (secondary N) is 2. The number of nitrogens with zero attached hydrogens (tertiary/aromatic N) is 2. The summed E-state index contributed by atoms with van der Waals surface area (Å²) in [5.74, 6) is 0. The van der Waals surface area contributed by atoms with E-state index in [0.29, 0.717) is 0 Å². The molecule has 38 heavy (non-hydrogen) atoms. The van der Waals surface area contributed by atoms with Crippen LogP contribution in [0.15, 0.2) is 132 Å². The zero-order chi connectivity index (χ0) is 25.3. The molecule has 0 bridgehead atoms. The first-order valence-electron chi connectivity index (χ1n) is 12.8. The van der Waals surface area contributed by atoms with Crippen LogP contribution in [0.4, 0.5) is 34.1 Å². The van der Waals surface area contributed by atoms with Gasteiger partial charge in [-0.15, -0.1) is 0 Å². The molecule has 0 unspecified atom stereocenters. The van der Waals surface area contributed by atoms with Gasteiger partial charge in [0.15, 0.2) is 0 Å². The Hall–Kier alpha value is -5.09. The van der Waals surface area contributed by atoms with Crippen LogP contribution < -0.4 is 15.5 Å². The molecule has 0 saturated carbocycles. The van der Waals surface area contributed by atoms with Crippen LogP contribution in [0.5, 0.6) is 0 Å². The fraction of sp³-hybridized carbons (Fsp3) is 0.0294. The Morgan fingerprint density at radius 1 is 0.553 bits per heavy atom. The van der Waals surface area contributed by atoms with Gasteiger partial charge in [0.25, 0.3) is 0 Å². The molecule has 0 amide bonds. The van der Waals surface area contributed by atoms with Crippen molar-refractivity contribution in [3.63, 3.8) is 0 Å². The van der Waals surface area contributed by atoms with Gasteiger partial charge >= 0.3 is 0 Å². The lowest BCUT2D eigenvalue weighted by atomic mass is 9.96. The predicted molar refractivity (Wildman–Crippen MR) is 162 cm³/mol. The third-order valence-corrected chi connectivity index (χ3v) is 7.08. The standard InChI is InChI=1S/C34H26N4/c1-3-9-26(10-4-1)36-27-15-17-28(18-16-27)37-34-13-7-8-24-20-25-14-19-33-32(30(25)21-31(24)34)22-38(23-35-33)29-11-5-2-6-12-29/h1-21,23,36-37H,22H2. The van der Waals surface area contributed by atoms with E-state index in [2.05, 4.69) is 119 Å². The molecular weight excluding hydrogens is 464 g/mol. The van der Waals surface area contributed by atoms with Crippen LogP contribution in [-0.2, 0) is 6.54 Å². The Bertz CT molecular complexity index is 1780. The van der Waals surface area contributed by atoms with E-state index in [1.165, 1.54) is 27.1 Å². The normalized spacial score (nSPS) is 12.5. The minimum atomic E-state index is 0.789. The van der Waals surface area contributed by atoms with Crippen LogP contribution >= 0.6 is 0 Å². The minimum absolute atomic E-state index is 0.789. The zero-order valence-electron chi connectivity index (χ0n) is 20.8. The lowest BCUT2D eigenvalue weighted by molar-refractivity contribution is 1.01. The summed E-state index contributed by atoms with van der Waals surface area (Å²) in [6.45, 7) is 0.789. The van der Waals surface area contributed by atoms with Crippen molar-refractivity contribution in [1.29, 1.82) is 0 Å². The van der Waals surface area contributed by atoms with Crippen molar-refractivity contribution >= 4 is 62.0 Å². The van der Waals surface area contributed by atoms with Crippen molar-refractivity contribution in [1.82, 2.24) is 0 Å². The van der Waals surface area contributed by atoms with Crippen LogP contribution in [0.1, 0.15) is 5.56 Å². The van der Waals surface area contributed by atoms with Gasteiger partial charge in [-0.2, -0.15) is 0 Å². The zero-order valence-corrected chi connectivity index (χ0v) is 20.8. The maximum Gasteiger partial charge on any atom is 0.0960 e. The molecule has 0 radical (unpaired) electrons. The van der Waals surface area contributed by atoms with E-state index in [4.69, 9.17) is 4.99 Å². The number of hydrogen-bond donors (Lipinski definition) is 2. The molecule has 6 aromatic rings. The van der Waals surface area contributed by atoms with Crippen molar-refractivity contribution in [2.45, 2.75) is 6.54 Å². The maximum absolute atomic E-state index is 4.79. The maximum atomic E-state index is 4.79. The van der Waals surface area contributed by atoms with Gasteiger partial charge in [-0.3, -0.25) is 0 Å². The summed E-state index contributed by atoms with van der Waals surface area (Å²) in [6.07, 6.45) is 1.94. The fourth-order valence-electron chi connectivity index (χ4n) is 5.15. The van der Waals surface area contributed by atoms with Gasteiger partial charge in [0, 0.05) is 39.4 Å². The average molecular weight is 491 g/mol. The number of anilines is 5. The molecule has 1 aliphatic heterocycles. The molecule has 0 atom stereocenters. The summed E-state index contributed by atoms with van der Waals surface area (Å²) >= 11 is 0. The number of benzene rings is 6. The van der Waals surface area contributed by atoms with E-state index in [1.807, 2.05) is 30.6 Å². The third-order valence-electron chi connectivity index (χ3n) is 7.08. The van der Waals surface area contributed by atoms with Crippen LogP contribution in [0, 0.1) is 0 Å². The second kappa shape index (κ2) is 9.41. The average Bonchev–Trinajstić information content (AvgIpc) is 2.98. The smallest absolute Gasteiger partial charge is 0.0960 e. The predicted octanol–water partition coefficient (Wildman–Crippen LogP) is 9.16. The molecule has 0 saturated heterocycles. The number of fused-ring (bicyclic) bond motifs is 4. The van der Waals surface area contributed by atoms with Crippen molar-refractivity contribution in [2.75, 3.05) is 15.5 Å². The Kier molecular flexibility index (Phi) is 5.48. The SMILES string of the molecule is C1=Nc2ccc3cc4cccc(Nc5ccc(Nc6ccccc6)cc5)c4cc3c2CN1c1ccccc1. The highest BCUT2D eigenvalue weighted by Crippen LogP contribution is 2.37. The highest BCUT2D eigenvalue weighted by Gasteiger charge is 2.17. The highest BCUT2D eigenvalue weighted by atomic mass is 15.2. The molecule has 0 fully saturated rings. The van der Waals surface area contributed by atoms with E-state index in [9.17, 15) is 0 Å². The number of aliphatic imine (C=N–C) groups is 1. The molecule has 0 aliphatic carbocycles. The van der Waals surface area contributed by atoms with E-state index in [0.717, 1.165) is 40.7 Å². The first-order chi connectivity index (χ1) is 18.8. The van der Waals surface area contributed by atoms with Crippen LogP contribution in [0.3, 0.4) is 0 Å². The lowest BCUT2D eigenvalue weighted by Crippen LogP contribution is -2.23. The van der Waals surface area contributed by atoms with Gasteiger partial charge in [0.2, 0.25) is 0 Å².